The van der Waals surface area contributed by atoms with Crippen molar-refractivity contribution < 1.29 is 4.74 Å². The molecule has 0 spiro atoms. The molecule has 25 heavy (non-hydrogen) atoms. The van der Waals surface area contributed by atoms with Crippen molar-refractivity contribution in [2.75, 3.05) is 20.3 Å². The second-order valence-electron chi connectivity index (χ2n) is 6.38. The molecule has 5 nitrogen and oxygen atoms in total. The first-order valence-corrected chi connectivity index (χ1v) is 9.13. The molecule has 0 aliphatic carbocycles. The highest BCUT2D eigenvalue weighted by Crippen LogP contribution is 2.40. The molecule has 6 heteroatoms. The number of nitrogens with one attached hydrogen (secondary N) is 1. The average molecular weight is 359 g/mol. The van der Waals surface area contributed by atoms with Gasteiger partial charge in [-0.05, 0) is 56.8 Å². The number of rotatable bonds is 6. The molecule has 134 valence electrons. The van der Waals surface area contributed by atoms with Gasteiger partial charge in [-0.1, -0.05) is 6.07 Å². The Bertz CT molecular complexity index is 743. The van der Waals surface area contributed by atoms with Crippen LogP contribution in [0.3, 0.4) is 0 Å². The summed E-state index contributed by atoms with van der Waals surface area (Å²) in [5.74, 6) is 0. The molecule has 1 saturated heterocycles. The van der Waals surface area contributed by atoms with E-state index in [1.54, 1.807) is 7.11 Å². The van der Waals surface area contributed by atoms with Gasteiger partial charge in [0.1, 0.15) is 0 Å². The van der Waals surface area contributed by atoms with Gasteiger partial charge in [-0.25, -0.2) is 0 Å². The summed E-state index contributed by atoms with van der Waals surface area (Å²) in [7, 11) is 1.72. The van der Waals surface area contributed by atoms with Crippen LogP contribution in [0.15, 0.2) is 30.5 Å². The zero-order chi connectivity index (χ0) is 18.0. The number of thiocarbonyl (C=S) groups is 1. The van der Waals surface area contributed by atoms with Crippen LogP contribution in [-0.2, 0) is 11.3 Å². The molecule has 0 aromatic carbocycles. The third-order valence-corrected chi connectivity index (χ3v) is 5.33. The summed E-state index contributed by atoms with van der Waals surface area (Å²) in [6.45, 7) is 8.90. The number of hydrogen-bond donors (Lipinski definition) is 1. The van der Waals surface area contributed by atoms with Gasteiger partial charge in [0.2, 0.25) is 0 Å². The quantitative estimate of drug-likeness (QED) is 0.804. The van der Waals surface area contributed by atoms with Gasteiger partial charge in [-0.15, -0.1) is 0 Å². The maximum Gasteiger partial charge on any atom is 0.170 e. The van der Waals surface area contributed by atoms with Crippen LogP contribution in [0.2, 0.25) is 0 Å². The summed E-state index contributed by atoms with van der Waals surface area (Å²) in [5, 5.41) is 4.24. The Labute approximate surface area is 155 Å². The largest absolute Gasteiger partial charge is 0.383 e. The Morgan fingerprint density at radius 1 is 1.32 bits per heavy atom. The van der Waals surface area contributed by atoms with E-state index >= 15 is 0 Å². The number of hydrogen-bond acceptors (Lipinski definition) is 3. The Morgan fingerprint density at radius 2 is 2.12 bits per heavy atom. The van der Waals surface area contributed by atoms with Gasteiger partial charge in [-0.3, -0.25) is 4.98 Å². The second kappa shape index (κ2) is 7.54. The lowest BCUT2D eigenvalue weighted by Crippen LogP contribution is -2.32. The second-order valence-corrected chi connectivity index (χ2v) is 6.77. The zero-order valence-corrected chi connectivity index (χ0v) is 16.1. The minimum atomic E-state index is 0.0383. The number of nitrogens with zero attached hydrogens (tertiary/aromatic N) is 3. The number of ether oxygens (including phenoxy) is 1. The van der Waals surface area contributed by atoms with E-state index in [9.17, 15) is 0 Å². The summed E-state index contributed by atoms with van der Waals surface area (Å²) in [4.78, 5) is 6.81. The van der Waals surface area contributed by atoms with Crippen LogP contribution in [0.4, 0.5) is 0 Å². The fourth-order valence-corrected chi connectivity index (χ4v) is 4.12. The molecule has 0 bridgehead atoms. The molecule has 1 aliphatic rings. The van der Waals surface area contributed by atoms with Crippen molar-refractivity contribution in [1.29, 1.82) is 0 Å². The summed E-state index contributed by atoms with van der Waals surface area (Å²) >= 11 is 5.64. The van der Waals surface area contributed by atoms with E-state index in [2.05, 4.69) is 52.7 Å². The first-order valence-electron chi connectivity index (χ1n) is 8.72. The van der Waals surface area contributed by atoms with Gasteiger partial charge in [0, 0.05) is 37.8 Å². The monoisotopic (exact) mass is 358 g/mol. The number of aryl methyl sites for hydroxylation is 1. The van der Waals surface area contributed by atoms with E-state index in [1.807, 2.05) is 18.3 Å². The third-order valence-electron chi connectivity index (χ3n) is 4.98. The lowest BCUT2D eigenvalue weighted by molar-refractivity contribution is 0.164. The van der Waals surface area contributed by atoms with Crippen LogP contribution in [0.5, 0.6) is 0 Å². The van der Waals surface area contributed by atoms with Gasteiger partial charge in [0.15, 0.2) is 5.11 Å². The lowest BCUT2D eigenvalue weighted by atomic mass is 9.97. The molecule has 1 N–H and O–H groups in total. The van der Waals surface area contributed by atoms with E-state index in [-0.39, 0.29) is 12.1 Å². The van der Waals surface area contributed by atoms with Gasteiger partial charge in [0.05, 0.1) is 24.4 Å². The molecule has 2 aromatic rings. The van der Waals surface area contributed by atoms with Gasteiger partial charge in [-0.2, -0.15) is 0 Å². The summed E-state index contributed by atoms with van der Waals surface area (Å²) in [5.41, 5.74) is 4.88. The van der Waals surface area contributed by atoms with Crippen LogP contribution < -0.4 is 5.32 Å². The molecule has 2 atom stereocenters. The van der Waals surface area contributed by atoms with Crippen molar-refractivity contribution in [1.82, 2.24) is 19.8 Å². The number of pyridine rings is 1. The van der Waals surface area contributed by atoms with Crippen molar-refractivity contribution >= 4 is 17.3 Å². The Hall–Kier alpha value is -1.92. The first-order chi connectivity index (χ1) is 12.1. The predicted octanol–water partition coefficient (Wildman–Crippen LogP) is 3.14. The molecule has 1 aliphatic heterocycles. The standard InChI is InChI=1S/C19H26N4OS/c1-5-22-13(2)12-15(14(22)3)18-17(16-8-6-7-9-20-16)21-19(25)23(18)10-11-24-4/h6-9,12,17-18H,5,10-11H2,1-4H3,(H,21,25)/t17-,18-/m0/s1. The van der Waals surface area contributed by atoms with Gasteiger partial charge in [0.25, 0.3) is 0 Å². The minimum absolute atomic E-state index is 0.0383. The third kappa shape index (κ3) is 3.28. The normalized spacial score (nSPS) is 20.2. The fraction of sp³-hybridized carbons (Fsp3) is 0.474. The lowest BCUT2D eigenvalue weighted by Gasteiger charge is -2.28. The smallest absolute Gasteiger partial charge is 0.170 e. The topological polar surface area (TPSA) is 42.3 Å². The van der Waals surface area contributed by atoms with E-state index in [4.69, 9.17) is 17.0 Å². The zero-order valence-electron chi connectivity index (χ0n) is 15.3. The molecule has 3 heterocycles. The molecular weight excluding hydrogens is 332 g/mol. The van der Waals surface area contributed by atoms with Crippen molar-refractivity contribution in [2.24, 2.45) is 0 Å². The maximum atomic E-state index is 5.64. The molecule has 0 radical (unpaired) electrons. The van der Waals surface area contributed by atoms with E-state index in [0.717, 1.165) is 23.9 Å². The molecule has 2 aromatic heterocycles. The highest BCUT2D eigenvalue weighted by Gasteiger charge is 2.40. The predicted molar refractivity (Wildman–Crippen MR) is 104 cm³/mol. The Morgan fingerprint density at radius 3 is 2.72 bits per heavy atom. The average Bonchev–Trinajstić information content (AvgIpc) is 3.09. The van der Waals surface area contributed by atoms with Crippen molar-refractivity contribution in [2.45, 2.75) is 39.4 Å². The van der Waals surface area contributed by atoms with Crippen LogP contribution in [-0.4, -0.2) is 39.8 Å². The van der Waals surface area contributed by atoms with E-state index in [1.165, 1.54) is 17.0 Å². The first kappa shape index (κ1) is 17.9. The van der Waals surface area contributed by atoms with E-state index < -0.39 is 0 Å². The molecule has 1 fully saturated rings. The highest BCUT2D eigenvalue weighted by molar-refractivity contribution is 7.80. The Balaban J connectivity index is 2.06. The maximum absolute atomic E-state index is 5.64. The minimum Gasteiger partial charge on any atom is -0.383 e. The number of methoxy groups -OCH3 is 1. The highest BCUT2D eigenvalue weighted by atomic mass is 32.1. The molecule has 0 amide bonds. The van der Waals surface area contributed by atoms with Crippen LogP contribution in [0, 0.1) is 13.8 Å². The van der Waals surface area contributed by atoms with Gasteiger partial charge < -0.3 is 19.5 Å². The fourth-order valence-electron chi connectivity index (χ4n) is 3.79. The molecular formula is C19H26N4OS. The molecule has 3 rings (SSSR count). The summed E-state index contributed by atoms with van der Waals surface area (Å²) in [6, 6.07) is 8.47. The van der Waals surface area contributed by atoms with Crippen LogP contribution >= 0.6 is 12.2 Å². The van der Waals surface area contributed by atoms with E-state index in [0.29, 0.717) is 6.61 Å². The summed E-state index contributed by atoms with van der Waals surface area (Å²) in [6.07, 6.45) is 1.84. The molecule has 0 unspecified atom stereocenters. The van der Waals surface area contributed by atoms with Crippen molar-refractivity contribution in [3.8, 4) is 0 Å². The Kier molecular flexibility index (Phi) is 5.39. The van der Waals surface area contributed by atoms with Crippen LogP contribution in [0.25, 0.3) is 0 Å². The van der Waals surface area contributed by atoms with Crippen molar-refractivity contribution in [3.63, 3.8) is 0 Å². The van der Waals surface area contributed by atoms with Crippen molar-refractivity contribution in [3.05, 3.63) is 53.1 Å². The summed E-state index contributed by atoms with van der Waals surface area (Å²) < 4.78 is 7.66. The van der Waals surface area contributed by atoms with Gasteiger partial charge >= 0.3 is 0 Å². The van der Waals surface area contributed by atoms with Crippen LogP contribution in [0.1, 0.15) is 41.7 Å². The molecule has 0 saturated carbocycles. The number of aromatic nitrogens is 2. The SMILES string of the molecule is CCn1c(C)cc([C@H]2[C@H](c3ccccn3)NC(=S)N2CCOC)c1C.